The minimum atomic E-state index is 0.148. The van der Waals surface area contributed by atoms with Crippen LogP contribution in [0.15, 0.2) is 35.4 Å². The summed E-state index contributed by atoms with van der Waals surface area (Å²) in [6.07, 6.45) is 8.09. The number of rotatable bonds is 5. The number of nitrogens with zero attached hydrogens (tertiary/aromatic N) is 5. The first-order valence-corrected chi connectivity index (χ1v) is 7.46. The van der Waals surface area contributed by atoms with Crippen molar-refractivity contribution in [3.8, 4) is 0 Å². The number of carbonyl (C=O) groups excluding carboxylic acids is 1. The Morgan fingerprint density at radius 1 is 1.45 bits per heavy atom. The molecule has 1 aliphatic rings. The average molecular weight is 303 g/mol. The van der Waals surface area contributed by atoms with Gasteiger partial charge in [0.05, 0.1) is 30.8 Å². The second-order valence-corrected chi connectivity index (χ2v) is 5.91. The van der Waals surface area contributed by atoms with E-state index < -0.39 is 0 Å². The van der Waals surface area contributed by atoms with E-state index in [9.17, 15) is 4.79 Å². The average Bonchev–Trinajstić information content (AvgIpc) is 3.23. The summed E-state index contributed by atoms with van der Waals surface area (Å²) in [4.78, 5) is 16.5. The third-order valence-electron chi connectivity index (χ3n) is 4.26. The lowest BCUT2D eigenvalue weighted by atomic mass is 10.1. The highest BCUT2D eigenvalue weighted by molar-refractivity contribution is 5.77. The van der Waals surface area contributed by atoms with Gasteiger partial charge in [0, 0.05) is 25.7 Å². The molecule has 22 heavy (non-hydrogen) atoms. The summed E-state index contributed by atoms with van der Waals surface area (Å²) in [6.45, 7) is 1.40. The number of likely N-dealkylation sites (tertiary alicyclic amines) is 1. The topological polar surface area (TPSA) is 67.4 Å². The highest BCUT2D eigenvalue weighted by Crippen LogP contribution is 2.25. The molecule has 0 aromatic carbocycles. The molecule has 118 valence electrons. The standard InChI is InChI=1S/C15H21N5O2/c1-18(2)13-9-19(10-14(13)20-7-6-16-17-20)15(21)4-3-12-5-8-22-11-12/h5-8,11,13-14H,3-4,9-10H2,1-2H3/t13-,14+/m1/s1. The Bertz CT molecular complexity index is 593. The van der Waals surface area contributed by atoms with Crippen molar-refractivity contribution in [2.24, 2.45) is 0 Å². The van der Waals surface area contributed by atoms with Gasteiger partial charge in [0.1, 0.15) is 0 Å². The number of aromatic nitrogens is 3. The fourth-order valence-corrected chi connectivity index (χ4v) is 2.98. The Kier molecular flexibility index (Phi) is 4.24. The quantitative estimate of drug-likeness (QED) is 0.818. The zero-order valence-electron chi connectivity index (χ0n) is 12.9. The van der Waals surface area contributed by atoms with Crippen molar-refractivity contribution in [2.75, 3.05) is 27.2 Å². The van der Waals surface area contributed by atoms with Crippen molar-refractivity contribution in [3.05, 3.63) is 36.5 Å². The summed E-state index contributed by atoms with van der Waals surface area (Å²) < 4.78 is 6.89. The maximum absolute atomic E-state index is 12.5. The van der Waals surface area contributed by atoms with Crippen molar-refractivity contribution >= 4 is 5.91 Å². The molecule has 1 amide bonds. The van der Waals surface area contributed by atoms with Crippen molar-refractivity contribution in [3.63, 3.8) is 0 Å². The lowest BCUT2D eigenvalue weighted by Gasteiger charge is -2.24. The van der Waals surface area contributed by atoms with E-state index >= 15 is 0 Å². The minimum absolute atomic E-state index is 0.148. The van der Waals surface area contributed by atoms with Crippen molar-refractivity contribution in [1.82, 2.24) is 24.8 Å². The third kappa shape index (κ3) is 3.04. The number of hydrogen-bond donors (Lipinski definition) is 0. The zero-order chi connectivity index (χ0) is 15.5. The molecular formula is C15H21N5O2. The Balaban J connectivity index is 1.64. The van der Waals surface area contributed by atoms with E-state index in [4.69, 9.17) is 4.42 Å². The smallest absolute Gasteiger partial charge is 0.223 e. The predicted molar refractivity (Wildman–Crippen MR) is 80.1 cm³/mol. The molecule has 0 spiro atoms. The SMILES string of the molecule is CN(C)[C@@H]1CN(C(=O)CCc2ccoc2)C[C@@H]1n1ccnn1. The molecule has 2 aromatic heterocycles. The predicted octanol–water partition coefficient (Wildman–Crippen LogP) is 0.817. The molecule has 1 saturated heterocycles. The second-order valence-electron chi connectivity index (χ2n) is 5.91. The molecule has 7 heteroatoms. The van der Waals surface area contributed by atoms with Gasteiger partial charge < -0.3 is 14.2 Å². The zero-order valence-corrected chi connectivity index (χ0v) is 12.9. The Labute approximate surface area is 129 Å². The highest BCUT2D eigenvalue weighted by Gasteiger charge is 2.37. The van der Waals surface area contributed by atoms with Gasteiger partial charge in [-0.05, 0) is 32.1 Å². The molecule has 1 aliphatic heterocycles. The summed E-state index contributed by atoms with van der Waals surface area (Å²) in [5.74, 6) is 0.177. The van der Waals surface area contributed by atoms with Crippen LogP contribution in [0.4, 0.5) is 0 Å². The second kappa shape index (κ2) is 6.31. The normalized spacial score (nSPS) is 21.7. The Morgan fingerprint density at radius 3 is 2.95 bits per heavy atom. The first-order chi connectivity index (χ1) is 10.6. The Morgan fingerprint density at radius 2 is 2.32 bits per heavy atom. The first kappa shape index (κ1) is 14.8. The van der Waals surface area contributed by atoms with Crippen LogP contribution in [0.1, 0.15) is 18.0 Å². The van der Waals surface area contributed by atoms with Crippen LogP contribution in [0.3, 0.4) is 0 Å². The van der Waals surface area contributed by atoms with Gasteiger partial charge in [-0.3, -0.25) is 4.79 Å². The lowest BCUT2D eigenvalue weighted by Crippen LogP contribution is -2.37. The molecule has 3 rings (SSSR count). The first-order valence-electron chi connectivity index (χ1n) is 7.46. The van der Waals surface area contributed by atoms with E-state index in [2.05, 4.69) is 15.2 Å². The van der Waals surface area contributed by atoms with Gasteiger partial charge in [0.2, 0.25) is 5.91 Å². The molecule has 0 N–H and O–H groups in total. The van der Waals surface area contributed by atoms with Crippen LogP contribution >= 0.6 is 0 Å². The van der Waals surface area contributed by atoms with Gasteiger partial charge in [-0.15, -0.1) is 5.10 Å². The highest BCUT2D eigenvalue weighted by atomic mass is 16.3. The number of aryl methyl sites for hydroxylation is 1. The number of amides is 1. The molecule has 1 fully saturated rings. The number of furan rings is 1. The molecule has 0 unspecified atom stereocenters. The molecule has 0 aliphatic carbocycles. The fraction of sp³-hybridized carbons (Fsp3) is 0.533. The molecule has 0 saturated carbocycles. The monoisotopic (exact) mass is 303 g/mol. The van der Waals surface area contributed by atoms with E-state index in [1.165, 1.54) is 0 Å². The lowest BCUT2D eigenvalue weighted by molar-refractivity contribution is -0.130. The molecular weight excluding hydrogens is 282 g/mol. The van der Waals surface area contributed by atoms with E-state index in [1.54, 1.807) is 18.7 Å². The molecule has 3 heterocycles. The van der Waals surface area contributed by atoms with Crippen LogP contribution in [0.5, 0.6) is 0 Å². The van der Waals surface area contributed by atoms with Crippen LogP contribution in [0.25, 0.3) is 0 Å². The summed E-state index contributed by atoms with van der Waals surface area (Å²) in [7, 11) is 4.07. The maximum atomic E-state index is 12.5. The summed E-state index contributed by atoms with van der Waals surface area (Å²) in [6, 6.07) is 2.30. The maximum Gasteiger partial charge on any atom is 0.223 e. The van der Waals surface area contributed by atoms with Crippen LogP contribution in [0.2, 0.25) is 0 Å². The summed E-state index contributed by atoms with van der Waals surface area (Å²) in [5, 5.41) is 7.98. The van der Waals surface area contributed by atoms with Crippen LogP contribution in [-0.4, -0.2) is 63.9 Å². The number of likely N-dealkylation sites (N-methyl/N-ethyl adjacent to an activating group) is 1. The van der Waals surface area contributed by atoms with Gasteiger partial charge in [-0.1, -0.05) is 5.21 Å². The van der Waals surface area contributed by atoms with E-state index in [1.807, 2.05) is 35.9 Å². The van der Waals surface area contributed by atoms with Crippen molar-refractivity contribution in [2.45, 2.75) is 24.9 Å². The van der Waals surface area contributed by atoms with Crippen LogP contribution < -0.4 is 0 Å². The number of hydrogen-bond acceptors (Lipinski definition) is 5. The molecule has 7 nitrogen and oxygen atoms in total. The van der Waals surface area contributed by atoms with Gasteiger partial charge in [0.15, 0.2) is 0 Å². The molecule has 0 radical (unpaired) electrons. The largest absolute Gasteiger partial charge is 0.472 e. The Hall–Kier alpha value is -2.15. The van der Waals surface area contributed by atoms with Crippen LogP contribution in [-0.2, 0) is 11.2 Å². The minimum Gasteiger partial charge on any atom is -0.472 e. The molecule has 0 bridgehead atoms. The number of carbonyl (C=O) groups is 1. The summed E-state index contributed by atoms with van der Waals surface area (Å²) in [5.41, 5.74) is 1.06. The van der Waals surface area contributed by atoms with Gasteiger partial charge in [-0.25, -0.2) is 4.68 Å². The van der Waals surface area contributed by atoms with Gasteiger partial charge in [0.25, 0.3) is 0 Å². The fourth-order valence-electron chi connectivity index (χ4n) is 2.98. The van der Waals surface area contributed by atoms with E-state index in [0.29, 0.717) is 19.4 Å². The van der Waals surface area contributed by atoms with Gasteiger partial charge in [-0.2, -0.15) is 0 Å². The van der Waals surface area contributed by atoms with E-state index in [-0.39, 0.29) is 18.0 Å². The molecule has 2 atom stereocenters. The van der Waals surface area contributed by atoms with E-state index in [0.717, 1.165) is 12.1 Å². The summed E-state index contributed by atoms with van der Waals surface area (Å²) >= 11 is 0. The van der Waals surface area contributed by atoms with Crippen molar-refractivity contribution in [1.29, 1.82) is 0 Å². The van der Waals surface area contributed by atoms with Crippen molar-refractivity contribution < 1.29 is 9.21 Å². The van der Waals surface area contributed by atoms with Crippen LogP contribution in [0, 0.1) is 0 Å². The van der Waals surface area contributed by atoms with Gasteiger partial charge >= 0.3 is 0 Å². The third-order valence-corrected chi connectivity index (χ3v) is 4.26. The molecule has 2 aromatic rings.